The Morgan fingerprint density at radius 1 is 1.26 bits per heavy atom. The molecule has 1 aliphatic carbocycles. The van der Waals surface area contributed by atoms with Gasteiger partial charge in [0.05, 0.1) is 6.42 Å². The standard InChI is InChI=1S/C14H17NO3S/c16-13(15-11-6-7-11)10-18-14(17)8-9-19-12-4-2-1-3-5-12/h1-5,11H,6-10H2,(H,15,16). The van der Waals surface area contributed by atoms with Crippen LogP contribution in [0.1, 0.15) is 19.3 Å². The third kappa shape index (κ3) is 5.79. The predicted molar refractivity (Wildman–Crippen MR) is 73.9 cm³/mol. The molecule has 1 fully saturated rings. The van der Waals surface area contributed by atoms with E-state index in [9.17, 15) is 9.59 Å². The fraction of sp³-hybridized carbons (Fsp3) is 0.429. The molecule has 0 radical (unpaired) electrons. The van der Waals surface area contributed by atoms with E-state index in [1.807, 2.05) is 30.3 Å². The van der Waals surface area contributed by atoms with Gasteiger partial charge in [0, 0.05) is 16.7 Å². The lowest BCUT2D eigenvalue weighted by Crippen LogP contribution is -2.30. The molecule has 1 aromatic rings. The normalized spacial score (nSPS) is 13.9. The molecule has 19 heavy (non-hydrogen) atoms. The van der Waals surface area contributed by atoms with Gasteiger partial charge in [0.25, 0.3) is 5.91 Å². The summed E-state index contributed by atoms with van der Waals surface area (Å²) in [4.78, 5) is 23.8. The molecule has 4 nitrogen and oxygen atoms in total. The van der Waals surface area contributed by atoms with Gasteiger partial charge in [-0.1, -0.05) is 18.2 Å². The van der Waals surface area contributed by atoms with Crippen molar-refractivity contribution in [1.82, 2.24) is 5.32 Å². The summed E-state index contributed by atoms with van der Waals surface area (Å²) in [6, 6.07) is 10.2. The summed E-state index contributed by atoms with van der Waals surface area (Å²) in [6.45, 7) is -0.161. The molecule has 0 saturated heterocycles. The Morgan fingerprint density at radius 2 is 2.00 bits per heavy atom. The fourth-order valence-corrected chi connectivity index (χ4v) is 2.34. The molecule has 1 amide bonds. The van der Waals surface area contributed by atoms with Gasteiger partial charge in [-0.3, -0.25) is 9.59 Å². The van der Waals surface area contributed by atoms with Crippen LogP contribution in [0.4, 0.5) is 0 Å². The van der Waals surface area contributed by atoms with Crippen molar-refractivity contribution in [3.05, 3.63) is 30.3 Å². The van der Waals surface area contributed by atoms with Gasteiger partial charge in [-0.25, -0.2) is 0 Å². The number of carbonyl (C=O) groups excluding carboxylic acids is 2. The first-order chi connectivity index (χ1) is 9.24. The second kappa shape index (κ2) is 7.19. The van der Waals surface area contributed by atoms with Crippen LogP contribution < -0.4 is 5.32 Å². The van der Waals surface area contributed by atoms with Crippen molar-refractivity contribution in [2.75, 3.05) is 12.4 Å². The van der Waals surface area contributed by atoms with Crippen molar-refractivity contribution >= 4 is 23.6 Å². The second-order valence-corrected chi connectivity index (χ2v) is 5.58. The highest BCUT2D eigenvalue weighted by atomic mass is 32.2. The lowest BCUT2D eigenvalue weighted by atomic mass is 10.4. The Kier molecular flexibility index (Phi) is 5.27. The molecule has 5 heteroatoms. The number of amides is 1. The molecular weight excluding hydrogens is 262 g/mol. The van der Waals surface area contributed by atoms with Crippen LogP contribution in [-0.4, -0.2) is 30.3 Å². The number of ether oxygens (including phenoxy) is 1. The van der Waals surface area contributed by atoms with Gasteiger partial charge in [0.2, 0.25) is 0 Å². The van der Waals surface area contributed by atoms with Gasteiger partial charge in [0.15, 0.2) is 6.61 Å². The minimum absolute atomic E-state index is 0.161. The molecule has 0 aliphatic heterocycles. The van der Waals surface area contributed by atoms with Crippen LogP contribution in [0.5, 0.6) is 0 Å². The Labute approximate surface area is 116 Å². The zero-order valence-electron chi connectivity index (χ0n) is 10.6. The molecule has 1 aliphatic rings. The Balaban J connectivity index is 1.55. The van der Waals surface area contributed by atoms with E-state index in [-0.39, 0.29) is 18.5 Å². The zero-order chi connectivity index (χ0) is 13.5. The maximum Gasteiger partial charge on any atom is 0.307 e. The predicted octanol–water partition coefficient (Wildman–Crippen LogP) is 1.99. The minimum atomic E-state index is -0.325. The summed E-state index contributed by atoms with van der Waals surface area (Å²) < 4.78 is 4.91. The van der Waals surface area contributed by atoms with E-state index in [0.29, 0.717) is 18.2 Å². The summed E-state index contributed by atoms with van der Waals surface area (Å²) >= 11 is 1.60. The topological polar surface area (TPSA) is 55.4 Å². The van der Waals surface area contributed by atoms with Gasteiger partial charge >= 0.3 is 5.97 Å². The molecule has 1 saturated carbocycles. The average molecular weight is 279 g/mol. The summed E-state index contributed by atoms with van der Waals surface area (Å²) in [5.74, 6) is 0.133. The minimum Gasteiger partial charge on any atom is -0.456 e. The molecule has 0 heterocycles. The van der Waals surface area contributed by atoms with Crippen molar-refractivity contribution in [2.45, 2.75) is 30.2 Å². The summed E-state index contributed by atoms with van der Waals surface area (Å²) in [6.07, 6.45) is 2.39. The number of nitrogens with one attached hydrogen (secondary N) is 1. The van der Waals surface area contributed by atoms with E-state index >= 15 is 0 Å². The number of benzene rings is 1. The van der Waals surface area contributed by atoms with Crippen molar-refractivity contribution in [1.29, 1.82) is 0 Å². The largest absolute Gasteiger partial charge is 0.456 e. The smallest absolute Gasteiger partial charge is 0.307 e. The van der Waals surface area contributed by atoms with Crippen LogP contribution in [-0.2, 0) is 14.3 Å². The molecule has 0 aromatic heterocycles. The zero-order valence-corrected chi connectivity index (χ0v) is 11.4. The van der Waals surface area contributed by atoms with Gasteiger partial charge in [-0.15, -0.1) is 11.8 Å². The second-order valence-electron chi connectivity index (χ2n) is 4.41. The van der Waals surface area contributed by atoms with Crippen LogP contribution in [0, 0.1) is 0 Å². The highest BCUT2D eigenvalue weighted by Gasteiger charge is 2.23. The number of carbonyl (C=O) groups is 2. The fourth-order valence-electron chi connectivity index (χ4n) is 1.48. The maximum absolute atomic E-state index is 11.4. The van der Waals surface area contributed by atoms with Crippen molar-refractivity contribution in [3.63, 3.8) is 0 Å². The Morgan fingerprint density at radius 3 is 2.68 bits per heavy atom. The third-order valence-electron chi connectivity index (χ3n) is 2.62. The molecule has 0 spiro atoms. The number of rotatable bonds is 7. The van der Waals surface area contributed by atoms with Gasteiger partial charge < -0.3 is 10.1 Å². The Hall–Kier alpha value is -1.49. The van der Waals surface area contributed by atoms with Crippen LogP contribution in [0.25, 0.3) is 0 Å². The highest BCUT2D eigenvalue weighted by Crippen LogP contribution is 2.19. The van der Waals surface area contributed by atoms with E-state index < -0.39 is 0 Å². The van der Waals surface area contributed by atoms with Crippen molar-refractivity contribution in [3.8, 4) is 0 Å². The average Bonchev–Trinajstić information content (AvgIpc) is 3.22. The number of hydrogen-bond donors (Lipinski definition) is 1. The van der Waals surface area contributed by atoms with E-state index in [1.54, 1.807) is 11.8 Å². The summed E-state index contributed by atoms with van der Waals surface area (Å²) in [5.41, 5.74) is 0. The lowest BCUT2D eigenvalue weighted by molar-refractivity contribution is -0.148. The number of thioether (sulfide) groups is 1. The van der Waals surface area contributed by atoms with Crippen LogP contribution in [0.15, 0.2) is 35.2 Å². The lowest BCUT2D eigenvalue weighted by Gasteiger charge is -2.05. The van der Waals surface area contributed by atoms with Crippen LogP contribution in [0.3, 0.4) is 0 Å². The molecule has 0 atom stereocenters. The van der Waals surface area contributed by atoms with Crippen LogP contribution >= 0.6 is 11.8 Å². The molecule has 102 valence electrons. The molecule has 0 unspecified atom stereocenters. The van der Waals surface area contributed by atoms with Crippen molar-refractivity contribution < 1.29 is 14.3 Å². The molecular formula is C14H17NO3S. The summed E-state index contributed by atoms with van der Waals surface area (Å²) in [7, 11) is 0. The van der Waals surface area contributed by atoms with E-state index in [0.717, 1.165) is 17.7 Å². The third-order valence-corrected chi connectivity index (χ3v) is 3.64. The molecule has 1 N–H and O–H groups in total. The molecule has 2 rings (SSSR count). The molecule has 1 aromatic carbocycles. The van der Waals surface area contributed by atoms with E-state index in [1.165, 1.54) is 0 Å². The van der Waals surface area contributed by atoms with E-state index in [4.69, 9.17) is 4.74 Å². The first kappa shape index (κ1) is 13.9. The van der Waals surface area contributed by atoms with Crippen LogP contribution in [0.2, 0.25) is 0 Å². The quantitative estimate of drug-likeness (QED) is 0.612. The number of esters is 1. The first-order valence-corrected chi connectivity index (χ1v) is 7.35. The SMILES string of the molecule is O=C(COC(=O)CCSc1ccccc1)NC1CC1. The monoisotopic (exact) mass is 279 g/mol. The maximum atomic E-state index is 11.4. The van der Waals surface area contributed by atoms with Gasteiger partial charge in [-0.05, 0) is 25.0 Å². The van der Waals surface area contributed by atoms with Crippen molar-refractivity contribution in [2.24, 2.45) is 0 Å². The van der Waals surface area contributed by atoms with Gasteiger partial charge in [0.1, 0.15) is 0 Å². The number of hydrogen-bond acceptors (Lipinski definition) is 4. The molecule has 0 bridgehead atoms. The Bertz CT molecular complexity index is 432. The van der Waals surface area contributed by atoms with E-state index in [2.05, 4.69) is 5.32 Å². The highest BCUT2D eigenvalue weighted by molar-refractivity contribution is 7.99. The first-order valence-electron chi connectivity index (χ1n) is 6.37. The van der Waals surface area contributed by atoms with Gasteiger partial charge in [-0.2, -0.15) is 0 Å². The summed E-state index contributed by atoms with van der Waals surface area (Å²) in [5, 5.41) is 2.77.